The van der Waals surface area contributed by atoms with Gasteiger partial charge in [-0.1, -0.05) is 158 Å². The lowest BCUT2D eigenvalue weighted by Gasteiger charge is -2.57. The molecule has 0 aromatic heterocycles. The Balaban J connectivity index is 0.00000106. The van der Waals surface area contributed by atoms with Crippen molar-refractivity contribution in [1.29, 1.82) is 0 Å². The maximum Gasteiger partial charge on any atom is 0.303 e. The van der Waals surface area contributed by atoms with Crippen molar-refractivity contribution in [3.63, 3.8) is 0 Å². The smallest absolute Gasteiger partial charge is 0.303 e. The van der Waals surface area contributed by atoms with Gasteiger partial charge in [-0.25, -0.2) is 0 Å². The van der Waals surface area contributed by atoms with Crippen LogP contribution in [0, 0.1) is 64.6 Å². The normalized spacial score (nSPS) is 17.4. The molecule has 36 heteroatoms. The molecular weight excluding hydrogens is 1730 g/mol. The SMILES string of the molecule is C=C(CC12CC3CC(CC(C3)C1)C2)NCCCC[C@H](CC(=O)[C@H](CCCCC)NC(=O)CCC(=O)CNC(=O)CCC(=O)CN)C(N)=O.CCCCCCCCCCCCCCCC(=O)N[C@H](C(=O)C[C@H](C(=O)N[C@@H](C)C(=O)C[C@@H](C)C(=O)N[C@@H](CCC(=O)O)C(=O)C[C@@H](CCC(=O)O)C(=O)N[C@@H](CCC(=O)O)C(=O)C[C@@H](CCC(=O)O)C(=O)NCC(=O)CCC(N)=O)C(C)C)C(C)C. The summed E-state index contributed by atoms with van der Waals surface area (Å²) in [4.78, 5) is 266. The van der Waals surface area contributed by atoms with E-state index in [1.54, 1.807) is 27.7 Å². The van der Waals surface area contributed by atoms with Crippen LogP contribution >= 0.6 is 0 Å². The summed E-state index contributed by atoms with van der Waals surface area (Å²) in [7, 11) is 0. The first-order valence-corrected chi connectivity index (χ1v) is 49.1. The van der Waals surface area contributed by atoms with Gasteiger partial charge in [-0.15, -0.1) is 0 Å². The van der Waals surface area contributed by atoms with Crippen LogP contribution in [0.15, 0.2) is 12.3 Å². The number of rotatable bonds is 79. The molecular formula is C98H161N11O25. The predicted molar refractivity (Wildman–Crippen MR) is 501 cm³/mol. The van der Waals surface area contributed by atoms with Gasteiger partial charge >= 0.3 is 23.9 Å². The van der Waals surface area contributed by atoms with Crippen LogP contribution < -0.4 is 59.7 Å². The summed E-state index contributed by atoms with van der Waals surface area (Å²) < 4.78 is 0. The second-order valence-electron chi connectivity index (χ2n) is 38.5. The molecule has 36 nitrogen and oxygen atoms in total. The standard InChI is InChI=1S/C61H100N6O19.C37H61N5O6/c1-8-9-10-11-12-13-14-15-16-17-18-19-20-21-52(74)67-57(38(4)5)50(72)35-44(37(2)3)61(86)64-40(7)47(69)32-39(6)58(83)65-45(25-30-55(79)80)49(71)34-42(23-29-54(77)78)60(85)66-46(26-31-56(81)82)48(70)33-41(22-28-53(75)76)59(84)63-36-43(68)24-27-51(62)73;1-3-4-5-9-32(42-35(47)13-11-31(44)24-41-34(46)12-10-30(43)23-38)33(45)18-29(36(39)48)8-6-7-14-40-25(2)19-37-20-26-15-27(21-37)17-28(16-26)22-37/h37-42,44-46,57H,8-36H2,1-7H3,(H2,62,73)(H,63,84)(H,64,86)(H,65,83)(H,66,85)(H,67,74)(H,75,76)(H,77,78)(H,79,80)(H,81,82);26-29,32,40H,2-24,38H2,1H3,(H2,39,48)(H,41,46)(H,42,47)/t39-,40+,41-,42-,44+,45+,46+,57+;26?,27?,28?,29-,32+,37?/m11/s1. The third-order valence-electron chi connectivity index (χ3n) is 25.8. The van der Waals surface area contributed by atoms with Gasteiger partial charge in [0.25, 0.3) is 0 Å². The number of carboxylic acids is 4. The number of primary amides is 2. The number of nitrogens with two attached hydrogens (primary N) is 3. The quantitative estimate of drug-likeness (QED) is 0.0252. The van der Waals surface area contributed by atoms with E-state index in [4.69, 9.17) is 17.2 Å². The Bertz CT molecular complexity index is 3850. The first-order valence-electron chi connectivity index (χ1n) is 49.1. The van der Waals surface area contributed by atoms with E-state index < -0.39 is 231 Å². The molecule has 4 saturated carbocycles. The average molecular weight is 1890 g/mol. The number of allylic oxidation sites excluding steroid dienone is 1. The fraction of sp³-hybridized carbons (Fsp3) is 0.765. The molecule has 4 fully saturated rings. The van der Waals surface area contributed by atoms with Crippen LogP contribution in [-0.4, -0.2) is 200 Å². The molecule has 758 valence electrons. The maximum atomic E-state index is 14.0. The highest BCUT2D eigenvalue weighted by atomic mass is 16.4. The van der Waals surface area contributed by atoms with Crippen LogP contribution in [0.5, 0.6) is 0 Å². The average Bonchev–Trinajstić information content (AvgIpc) is 0.748. The lowest BCUT2D eigenvalue weighted by atomic mass is 9.48. The van der Waals surface area contributed by atoms with Gasteiger partial charge in [0.2, 0.25) is 53.2 Å². The lowest BCUT2D eigenvalue weighted by Crippen LogP contribution is -2.49. The Morgan fingerprint density at radius 1 is 0.366 bits per heavy atom. The summed E-state index contributed by atoms with van der Waals surface area (Å²) >= 11 is 0. The van der Waals surface area contributed by atoms with Crippen molar-refractivity contribution in [2.24, 2.45) is 81.8 Å². The minimum atomic E-state index is -1.70. The molecule has 4 rings (SSSR count). The monoisotopic (exact) mass is 1890 g/mol. The number of aliphatic carboxylic acids is 4. The Morgan fingerprint density at radius 2 is 0.791 bits per heavy atom. The molecule has 0 aliphatic heterocycles. The van der Waals surface area contributed by atoms with Crippen molar-refractivity contribution in [1.82, 2.24) is 42.5 Å². The van der Waals surface area contributed by atoms with Crippen molar-refractivity contribution in [3.8, 4) is 0 Å². The summed E-state index contributed by atoms with van der Waals surface area (Å²) in [5, 5.41) is 59.0. The molecule has 4 aliphatic rings. The molecule has 9 amide bonds. The van der Waals surface area contributed by atoms with Gasteiger partial charge in [-0.05, 0) is 138 Å². The summed E-state index contributed by atoms with van der Waals surface area (Å²) in [6.07, 6.45) is 21.7. The number of carbonyl (C=O) groups is 21. The van der Waals surface area contributed by atoms with E-state index in [-0.39, 0.29) is 112 Å². The molecule has 18 N–H and O–H groups in total. The van der Waals surface area contributed by atoms with E-state index in [9.17, 15) is 121 Å². The minimum Gasteiger partial charge on any atom is -0.481 e. The van der Waals surface area contributed by atoms with Crippen LogP contribution in [0.1, 0.15) is 357 Å². The second kappa shape index (κ2) is 66.4. The van der Waals surface area contributed by atoms with Crippen LogP contribution in [0.25, 0.3) is 0 Å². The fourth-order valence-corrected chi connectivity index (χ4v) is 18.3. The maximum absolute atomic E-state index is 14.0. The Labute approximate surface area is 790 Å². The molecule has 10 atom stereocenters. The Kier molecular flexibility index (Phi) is 59.5. The van der Waals surface area contributed by atoms with Gasteiger partial charge in [0.15, 0.2) is 40.5 Å². The first kappa shape index (κ1) is 120. The van der Waals surface area contributed by atoms with Crippen molar-refractivity contribution in [3.05, 3.63) is 12.3 Å². The zero-order chi connectivity index (χ0) is 101. The van der Waals surface area contributed by atoms with Crippen molar-refractivity contribution < 1.29 is 121 Å². The number of nitrogens with one attached hydrogen (secondary N) is 8. The van der Waals surface area contributed by atoms with E-state index in [1.807, 2.05) is 6.92 Å². The fourth-order valence-electron chi connectivity index (χ4n) is 18.3. The van der Waals surface area contributed by atoms with Crippen LogP contribution in [0.2, 0.25) is 0 Å². The zero-order valence-corrected chi connectivity index (χ0v) is 81.0. The third-order valence-corrected chi connectivity index (χ3v) is 25.8. The lowest BCUT2D eigenvalue weighted by molar-refractivity contribution is -0.141. The highest BCUT2D eigenvalue weighted by molar-refractivity contribution is 6.00. The molecule has 0 heterocycles. The van der Waals surface area contributed by atoms with Gasteiger partial charge < -0.3 is 80.2 Å². The summed E-state index contributed by atoms with van der Waals surface area (Å²) in [6, 6.07) is -6.11. The van der Waals surface area contributed by atoms with Crippen LogP contribution in [-0.2, 0) is 101 Å². The van der Waals surface area contributed by atoms with Gasteiger partial charge in [0.1, 0.15) is 5.78 Å². The summed E-state index contributed by atoms with van der Waals surface area (Å²) in [5.74, 6) is -19.6. The van der Waals surface area contributed by atoms with E-state index in [2.05, 4.69) is 56.0 Å². The molecule has 0 aromatic rings. The highest BCUT2D eigenvalue weighted by Gasteiger charge is 2.51. The van der Waals surface area contributed by atoms with Gasteiger partial charge in [0.05, 0.1) is 49.8 Å². The summed E-state index contributed by atoms with van der Waals surface area (Å²) in [5.41, 5.74) is 17.6. The molecule has 4 bridgehead atoms. The zero-order valence-electron chi connectivity index (χ0n) is 81.0. The molecule has 0 unspecified atom stereocenters. The number of carbonyl (C=O) groups excluding carboxylic acids is 17. The molecule has 4 aliphatic carbocycles. The van der Waals surface area contributed by atoms with Gasteiger partial charge in [-0.3, -0.25) is 101 Å². The first-order chi connectivity index (χ1) is 63.3. The molecule has 0 aromatic carbocycles. The van der Waals surface area contributed by atoms with E-state index in [0.29, 0.717) is 24.7 Å². The highest BCUT2D eigenvalue weighted by Crippen LogP contribution is 2.62. The van der Waals surface area contributed by atoms with Crippen molar-refractivity contribution in [2.45, 2.75) is 387 Å². The molecule has 134 heavy (non-hydrogen) atoms. The third kappa shape index (κ3) is 52.2. The van der Waals surface area contributed by atoms with E-state index in [1.165, 1.54) is 110 Å². The number of amides is 9. The van der Waals surface area contributed by atoms with Gasteiger partial charge in [0, 0.05) is 145 Å². The van der Waals surface area contributed by atoms with Crippen LogP contribution in [0.4, 0.5) is 0 Å². The number of unbranched alkanes of at least 4 members (excludes halogenated alkanes) is 15. The Hall–Kier alpha value is -10.0. The number of carboxylic acid groups (broad SMARTS) is 4. The largest absolute Gasteiger partial charge is 0.481 e. The van der Waals surface area contributed by atoms with Crippen molar-refractivity contribution in [2.75, 3.05) is 26.2 Å². The summed E-state index contributed by atoms with van der Waals surface area (Å²) in [6.45, 7) is 18.2. The minimum absolute atomic E-state index is 0.0117. The van der Waals surface area contributed by atoms with E-state index >= 15 is 0 Å². The second-order valence-corrected chi connectivity index (χ2v) is 38.5. The number of ketones is 8. The predicted octanol–water partition coefficient (Wildman–Crippen LogP) is 9.24. The molecule has 0 spiro atoms. The topological polar surface area (TPSA) is 614 Å². The number of hydrogen-bond acceptors (Lipinski definition) is 23. The molecule has 0 radical (unpaired) electrons. The van der Waals surface area contributed by atoms with E-state index in [0.717, 1.165) is 87.8 Å². The molecule has 0 saturated heterocycles. The Morgan fingerprint density at radius 3 is 1.27 bits per heavy atom. The van der Waals surface area contributed by atoms with Gasteiger partial charge in [-0.2, -0.15) is 0 Å². The van der Waals surface area contributed by atoms with Crippen LogP contribution in [0.3, 0.4) is 0 Å². The number of hydrogen-bond donors (Lipinski definition) is 15. The number of Topliss-reactive ketones (excluding diaryl/α,β-unsaturated/α-hetero) is 8. The van der Waals surface area contributed by atoms with Crippen molar-refractivity contribution >= 4 is 123 Å².